The average molecular weight is 273 g/mol. The van der Waals surface area contributed by atoms with E-state index in [1.54, 1.807) is 0 Å². The van der Waals surface area contributed by atoms with Crippen LogP contribution in [0.4, 0.5) is 0 Å². The molecule has 0 amide bonds. The van der Waals surface area contributed by atoms with Crippen molar-refractivity contribution in [3.05, 3.63) is 35.9 Å². The van der Waals surface area contributed by atoms with Crippen molar-refractivity contribution in [1.29, 1.82) is 0 Å². The Labute approximate surface area is 122 Å². The summed E-state index contributed by atoms with van der Waals surface area (Å²) in [4.78, 5) is 0. The molecular weight excluding hydrogens is 246 g/mol. The number of hydrogen-bond acceptors (Lipinski definition) is 2. The summed E-state index contributed by atoms with van der Waals surface area (Å²) in [6.07, 6.45) is 5.83. The van der Waals surface area contributed by atoms with Crippen molar-refractivity contribution in [1.82, 2.24) is 5.32 Å². The van der Waals surface area contributed by atoms with Gasteiger partial charge >= 0.3 is 0 Å². The van der Waals surface area contributed by atoms with Gasteiger partial charge in [0.1, 0.15) is 0 Å². The van der Waals surface area contributed by atoms with E-state index in [2.05, 4.69) is 49.5 Å². The van der Waals surface area contributed by atoms with E-state index in [0.717, 1.165) is 18.4 Å². The van der Waals surface area contributed by atoms with Crippen LogP contribution >= 0.6 is 0 Å². The molecule has 20 heavy (non-hydrogen) atoms. The lowest BCUT2D eigenvalue weighted by Crippen LogP contribution is -2.42. The average Bonchev–Trinajstić information content (AvgIpc) is 3.15. The molecule has 110 valence electrons. The van der Waals surface area contributed by atoms with Crippen LogP contribution in [0.15, 0.2) is 30.3 Å². The Balaban J connectivity index is 1.65. The van der Waals surface area contributed by atoms with Crippen LogP contribution in [-0.4, -0.2) is 24.8 Å². The van der Waals surface area contributed by atoms with Gasteiger partial charge in [0.2, 0.25) is 0 Å². The van der Waals surface area contributed by atoms with E-state index in [9.17, 15) is 0 Å². The number of rotatable bonds is 6. The van der Waals surface area contributed by atoms with E-state index in [1.165, 1.54) is 31.2 Å². The lowest BCUT2D eigenvalue weighted by Gasteiger charge is -2.25. The second-order valence-corrected chi connectivity index (χ2v) is 6.46. The smallest absolute Gasteiger partial charge is 0.0735 e. The summed E-state index contributed by atoms with van der Waals surface area (Å²) in [5.74, 6) is 1.50. The third kappa shape index (κ3) is 3.07. The largest absolute Gasteiger partial charge is 0.374 e. The lowest BCUT2D eigenvalue weighted by molar-refractivity contribution is 0.0264. The Bertz CT molecular complexity index is 419. The Morgan fingerprint density at radius 3 is 2.70 bits per heavy atom. The van der Waals surface area contributed by atoms with Gasteiger partial charge < -0.3 is 10.1 Å². The van der Waals surface area contributed by atoms with Gasteiger partial charge in [0.05, 0.1) is 12.2 Å². The second-order valence-electron chi connectivity index (χ2n) is 6.46. The van der Waals surface area contributed by atoms with Crippen molar-refractivity contribution in [2.75, 3.05) is 6.54 Å². The normalized spacial score (nSPS) is 34.1. The summed E-state index contributed by atoms with van der Waals surface area (Å²) in [7, 11) is 0. The first-order valence-corrected chi connectivity index (χ1v) is 8.23. The molecule has 0 radical (unpaired) electrons. The van der Waals surface area contributed by atoms with Gasteiger partial charge in [-0.2, -0.15) is 0 Å². The van der Waals surface area contributed by atoms with Gasteiger partial charge in [0.25, 0.3) is 0 Å². The number of nitrogens with one attached hydrogen (secondary N) is 1. The highest BCUT2D eigenvalue weighted by atomic mass is 16.5. The Morgan fingerprint density at radius 1 is 1.25 bits per heavy atom. The molecule has 1 aliphatic heterocycles. The molecule has 1 aromatic rings. The zero-order valence-electron chi connectivity index (χ0n) is 12.7. The fourth-order valence-corrected chi connectivity index (χ4v) is 3.66. The van der Waals surface area contributed by atoms with Gasteiger partial charge in [-0.05, 0) is 56.6 Å². The van der Waals surface area contributed by atoms with Crippen molar-refractivity contribution in [3.63, 3.8) is 0 Å². The zero-order valence-corrected chi connectivity index (χ0v) is 12.7. The Morgan fingerprint density at radius 2 is 2.05 bits per heavy atom. The van der Waals surface area contributed by atoms with E-state index in [0.29, 0.717) is 18.2 Å². The number of hydrogen-bond donors (Lipinski definition) is 1. The molecule has 2 heteroatoms. The van der Waals surface area contributed by atoms with Crippen LogP contribution in [0.3, 0.4) is 0 Å². The molecule has 1 aromatic carbocycles. The molecular formula is C18H27NO. The van der Waals surface area contributed by atoms with Gasteiger partial charge in [0, 0.05) is 6.04 Å². The van der Waals surface area contributed by atoms with Crippen LogP contribution in [0.1, 0.15) is 51.0 Å². The second kappa shape index (κ2) is 6.28. The summed E-state index contributed by atoms with van der Waals surface area (Å²) in [6.45, 7) is 5.55. The van der Waals surface area contributed by atoms with Gasteiger partial charge in [-0.25, -0.2) is 0 Å². The molecule has 0 bridgehead atoms. The molecule has 1 saturated heterocycles. The summed E-state index contributed by atoms with van der Waals surface area (Å²) < 4.78 is 6.14. The molecule has 3 rings (SSSR count). The molecule has 0 aromatic heterocycles. The predicted octanol–water partition coefficient (Wildman–Crippen LogP) is 3.73. The van der Waals surface area contributed by atoms with Crippen molar-refractivity contribution in [2.24, 2.45) is 5.92 Å². The van der Waals surface area contributed by atoms with Crippen LogP contribution in [0, 0.1) is 5.92 Å². The van der Waals surface area contributed by atoms with Crippen LogP contribution in [0.2, 0.25) is 0 Å². The minimum Gasteiger partial charge on any atom is -0.374 e. The molecule has 1 N–H and O–H groups in total. The summed E-state index contributed by atoms with van der Waals surface area (Å²) >= 11 is 0. The summed E-state index contributed by atoms with van der Waals surface area (Å²) in [6, 6.07) is 11.5. The summed E-state index contributed by atoms with van der Waals surface area (Å²) in [5.41, 5.74) is 1.51. The van der Waals surface area contributed by atoms with E-state index >= 15 is 0 Å². The standard InChI is InChI=1S/C18H27NO/c1-3-11-19-18(17-10-9-13(2)20-17)16-12-15(16)14-7-5-4-6-8-14/h4-8,13,15-19H,3,9-12H2,1-2H3. The maximum Gasteiger partial charge on any atom is 0.0735 e. The lowest BCUT2D eigenvalue weighted by atomic mass is 9.99. The quantitative estimate of drug-likeness (QED) is 0.853. The Kier molecular flexibility index (Phi) is 4.42. The molecule has 1 heterocycles. The van der Waals surface area contributed by atoms with Crippen LogP contribution < -0.4 is 5.32 Å². The first-order chi connectivity index (χ1) is 9.79. The molecule has 5 atom stereocenters. The first kappa shape index (κ1) is 14.1. The maximum absolute atomic E-state index is 6.14. The minimum atomic E-state index is 0.426. The molecule has 0 spiro atoms. The third-order valence-electron chi connectivity index (χ3n) is 4.82. The van der Waals surface area contributed by atoms with E-state index in [-0.39, 0.29) is 0 Å². The van der Waals surface area contributed by atoms with Crippen LogP contribution in [-0.2, 0) is 4.74 Å². The molecule has 2 nitrogen and oxygen atoms in total. The van der Waals surface area contributed by atoms with Crippen molar-refractivity contribution in [3.8, 4) is 0 Å². The topological polar surface area (TPSA) is 21.3 Å². The van der Waals surface area contributed by atoms with Gasteiger partial charge in [-0.1, -0.05) is 37.3 Å². The monoisotopic (exact) mass is 273 g/mol. The van der Waals surface area contributed by atoms with Gasteiger partial charge in [-0.15, -0.1) is 0 Å². The number of benzene rings is 1. The van der Waals surface area contributed by atoms with Crippen LogP contribution in [0.5, 0.6) is 0 Å². The van der Waals surface area contributed by atoms with Gasteiger partial charge in [-0.3, -0.25) is 0 Å². The molecule has 1 aliphatic carbocycles. The van der Waals surface area contributed by atoms with E-state index in [4.69, 9.17) is 4.74 Å². The maximum atomic E-state index is 6.14. The highest BCUT2D eigenvalue weighted by molar-refractivity contribution is 5.27. The van der Waals surface area contributed by atoms with Crippen LogP contribution in [0.25, 0.3) is 0 Å². The molecule has 1 saturated carbocycles. The summed E-state index contributed by atoms with van der Waals surface area (Å²) in [5, 5.41) is 3.77. The van der Waals surface area contributed by atoms with Crippen molar-refractivity contribution >= 4 is 0 Å². The Hall–Kier alpha value is -0.860. The highest BCUT2D eigenvalue weighted by Crippen LogP contribution is 2.51. The molecule has 2 fully saturated rings. The minimum absolute atomic E-state index is 0.426. The van der Waals surface area contributed by atoms with Crippen molar-refractivity contribution in [2.45, 2.75) is 63.7 Å². The third-order valence-corrected chi connectivity index (χ3v) is 4.82. The van der Waals surface area contributed by atoms with Crippen molar-refractivity contribution < 1.29 is 4.74 Å². The SMILES string of the molecule is CCCNC(C1CCC(C)O1)C1CC1c1ccccc1. The number of ether oxygens (including phenoxy) is 1. The highest BCUT2D eigenvalue weighted by Gasteiger charge is 2.47. The molecule has 5 unspecified atom stereocenters. The van der Waals surface area contributed by atoms with Gasteiger partial charge in [0.15, 0.2) is 0 Å². The zero-order chi connectivity index (χ0) is 13.9. The molecule has 2 aliphatic rings. The van der Waals surface area contributed by atoms with E-state index in [1.807, 2.05) is 0 Å². The first-order valence-electron chi connectivity index (χ1n) is 8.23. The fraction of sp³-hybridized carbons (Fsp3) is 0.667. The fourth-order valence-electron chi connectivity index (χ4n) is 3.66. The van der Waals surface area contributed by atoms with E-state index < -0.39 is 0 Å². The predicted molar refractivity (Wildman–Crippen MR) is 82.9 cm³/mol.